The second kappa shape index (κ2) is 8.59. The topological polar surface area (TPSA) is 57.2 Å². The smallest absolute Gasteiger partial charge is 0.668 e. The van der Waals surface area contributed by atoms with Gasteiger partial charge in [-0.1, -0.05) is 62.7 Å². The van der Waals surface area contributed by atoms with E-state index >= 15 is 0 Å². The number of nitrogens with zero attached hydrogens (tertiary/aromatic N) is 1. The predicted molar refractivity (Wildman–Crippen MR) is 69.5 cm³/mol. The fraction of sp³-hybridized carbons (Fsp3) is 0.889. The van der Waals surface area contributed by atoms with Gasteiger partial charge < -0.3 is 10.4 Å². The Hall–Kier alpha value is 0.461. The molecule has 0 aliphatic heterocycles. The van der Waals surface area contributed by atoms with Crippen molar-refractivity contribution in [3.63, 3.8) is 0 Å². The monoisotopic (exact) mass is 240 g/mol. The van der Waals surface area contributed by atoms with Gasteiger partial charge in [0.15, 0.2) is 0 Å². The Bertz CT molecular complexity index is 164. The molecule has 0 aromatic heterocycles. The molecule has 0 unspecified atom stereocenters. The van der Waals surface area contributed by atoms with Crippen LogP contribution in [0, 0.1) is 0 Å². The van der Waals surface area contributed by atoms with E-state index in [1.807, 2.05) is 0 Å². The molecule has 0 aliphatic carbocycles. The summed E-state index contributed by atoms with van der Waals surface area (Å²) in [6, 6.07) is 0. The molecule has 0 fully saturated rings. The van der Waals surface area contributed by atoms with Gasteiger partial charge in [-0.15, -0.1) is 0 Å². The van der Waals surface area contributed by atoms with Gasteiger partial charge in [-0.3, -0.25) is 4.79 Å². The van der Waals surface area contributed by atoms with Crippen LogP contribution >= 0.6 is 0 Å². The summed E-state index contributed by atoms with van der Waals surface area (Å²) in [4.78, 5) is 9.59. The summed E-state index contributed by atoms with van der Waals surface area (Å²) in [6.07, 6.45) is 0.444. The average Bonchev–Trinajstić information content (AvgIpc) is 1.80. The van der Waals surface area contributed by atoms with Crippen LogP contribution < -0.4 is 24.6 Å². The van der Waals surface area contributed by atoms with Crippen LogP contribution in [0.2, 0.25) is 39.3 Å². The Labute approximate surface area is 109 Å². The third-order valence-electron chi connectivity index (χ3n) is 1.02. The van der Waals surface area contributed by atoms with Crippen molar-refractivity contribution in [3.05, 3.63) is 4.65 Å². The van der Waals surface area contributed by atoms with E-state index in [-0.39, 0.29) is 24.8 Å². The van der Waals surface area contributed by atoms with Crippen LogP contribution in [0.3, 0.4) is 0 Å². The molecule has 1 amide bonds. The van der Waals surface area contributed by atoms with Crippen LogP contribution in [0.25, 0.3) is 4.65 Å². The van der Waals surface area contributed by atoms with Crippen molar-refractivity contribution in [3.8, 4) is 0 Å². The minimum Gasteiger partial charge on any atom is -0.668 e. The van der Waals surface area contributed by atoms with E-state index in [1.165, 1.54) is 0 Å². The maximum atomic E-state index is 9.59. The zero-order chi connectivity index (χ0) is 12.0. The van der Waals surface area contributed by atoms with Crippen molar-refractivity contribution in [2.45, 2.75) is 52.6 Å². The molecule has 6 heteroatoms. The Kier molecular flexibility index (Phi) is 11.9. The Morgan fingerprint density at radius 3 is 1.27 bits per heavy atom. The first-order valence-electron chi connectivity index (χ1n) is 5.00. The van der Waals surface area contributed by atoms with E-state index in [9.17, 15) is 4.79 Å². The third kappa shape index (κ3) is 31.4. The molecule has 0 spiro atoms. The van der Waals surface area contributed by atoms with Gasteiger partial charge in [0.1, 0.15) is 0 Å². The van der Waals surface area contributed by atoms with Crippen molar-refractivity contribution < 1.29 is 23.7 Å². The quantitative estimate of drug-likeness (QED) is 0.689. The number of carbonyl (C=O) groups excluding carboxylic acids is 1. The molecule has 0 aliphatic rings. The van der Waals surface area contributed by atoms with Gasteiger partial charge in [0.25, 0.3) is 0 Å². The summed E-state index contributed by atoms with van der Waals surface area (Å²) in [5.74, 6) is -0.245. The molecule has 0 rings (SSSR count). The fourth-order valence-corrected chi connectivity index (χ4v) is 9.06. The van der Waals surface area contributed by atoms with E-state index < -0.39 is 16.5 Å². The minimum atomic E-state index is -1.11. The van der Waals surface area contributed by atoms with Gasteiger partial charge in [0.05, 0.1) is 0 Å². The van der Waals surface area contributed by atoms with Gasteiger partial charge in [0, 0.05) is 6.42 Å². The van der Waals surface area contributed by atoms with Gasteiger partial charge in [-0.25, -0.2) is 0 Å². The molecule has 3 nitrogen and oxygen atoms in total. The molecule has 2 N–H and O–H groups in total. The second-order valence-corrected chi connectivity index (χ2v) is 14.9. The Morgan fingerprint density at radius 2 is 1.27 bits per heavy atom. The van der Waals surface area contributed by atoms with Crippen LogP contribution in [0.1, 0.15) is 13.3 Å². The molecule has 0 saturated carbocycles. The van der Waals surface area contributed by atoms with Gasteiger partial charge >= 0.3 is 18.9 Å². The molecule has 86 valence electrons. The molecule has 0 saturated heterocycles. The van der Waals surface area contributed by atoms with Crippen LogP contribution in [0.5, 0.6) is 0 Å². The number of amides is 1. The molecule has 0 atom stereocenters. The Morgan fingerprint density at radius 1 is 1.07 bits per heavy atom. The summed E-state index contributed by atoms with van der Waals surface area (Å²) in [5.41, 5.74) is 4.65. The number of hydrogen-bond acceptors (Lipinski definition) is 1. The molecule has 0 radical (unpaired) electrons. The summed E-state index contributed by atoms with van der Waals surface area (Å²) in [7, 11) is -2.21. The summed E-state index contributed by atoms with van der Waals surface area (Å²) < 4.78 is 4.82. The molecule has 0 heterocycles. The van der Waals surface area contributed by atoms with Crippen LogP contribution in [0.15, 0.2) is 0 Å². The van der Waals surface area contributed by atoms with E-state index in [1.54, 1.807) is 6.92 Å². The summed E-state index contributed by atoms with van der Waals surface area (Å²) in [5, 5.41) is 0. The number of rotatable bonds is 3. The van der Waals surface area contributed by atoms with Crippen molar-refractivity contribution in [1.82, 2.24) is 0 Å². The number of nitrogens with two attached hydrogens (primary N) is 1. The Balaban J connectivity index is -0.000000208. The van der Waals surface area contributed by atoms with Crippen LogP contribution in [0.4, 0.5) is 0 Å². The zero-order valence-electron chi connectivity index (χ0n) is 11.6. The van der Waals surface area contributed by atoms with Gasteiger partial charge in [-0.2, -0.15) is 0 Å². The minimum absolute atomic E-state index is 0. The average molecular weight is 240 g/mol. The third-order valence-corrected chi connectivity index (χ3v) is 6.39. The maximum absolute atomic E-state index is 9.59. The van der Waals surface area contributed by atoms with E-state index in [4.69, 9.17) is 4.65 Å². The molecule has 0 bridgehead atoms. The van der Waals surface area contributed by atoms with Gasteiger partial charge in [0.2, 0.25) is 5.91 Å². The van der Waals surface area contributed by atoms with Crippen LogP contribution in [-0.2, 0) is 4.79 Å². The fourth-order valence-electron chi connectivity index (χ4n) is 1.01. The SMILES string of the molecule is CCC(N)=O.C[Si](C)(C)[N-][Si](C)(C)C.[Li+]. The van der Waals surface area contributed by atoms with Crippen molar-refractivity contribution in [2.75, 3.05) is 0 Å². The van der Waals surface area contributed by atoms with Crippen molar-refractivity contribution in [2.24, 2.45) is 5.73 Å². The summed E-state index contributed by atoms with van der Waals surface area (Å²) in [6.45, 7) is 15.5. The zero-order valence-corrected chi connectivity index (χ0v) is 13.6. The maximum Gasteiger partial charge on any atom is 1.00 e. The van der Waals surface area contributed by atoms with Crippen molar-refractivity contribution >= 4 is 22.4 Å². The summed E-state index contributed by atoms with van der Waals surface area (Å²) >= 11 is 0. The molecular weight excluding hydrogens is 215 g/mol. The first kappa shape index (κ1) is 20.8. The number of hydrogen-bond donors (Lipinski definition) is 1. The predicted octanol–water partition coefficient (Wildman–Crippen LogP) is -0.0844. The first-order chi connectivity index (χ1) is 5.98. The van der Waals surface area contributed by atoms with Crippen molar-refractivity contribution in [1.29, 1.82) is 0 Å². The first-order valence-corrected chi connectivity index (χ1v) is 11.9. The molecule has 0 aromatic carbocycles. The normalized spacial score (nSPS) is 10.9. The number of carbonyl (C=O) groups is 1. The van der Waals surface area contributed by atoms with E-state index in [0.29, 0.717) is 6.42 Å². The molecule has 0 aromatic rings. The van der Waals surface area contributed by atoms with Crippen LogP contribution in [-0.4, -0.2) is 22.4 Å². The van der Waals surface area contributed by atoms with E-state index in [0.717, 1.165) is 0 Å². The molecule has 15 heavy (non-hydrogen) atoms. The largest absolute Gasteiger partial charge is 1.00 e. The standard InChI is InChI=1S/C6H18NSi2.C3H7NO.Li/c1-8(2,3)7-9(4,5)6;1-2-3(4)5;/h1-6H3;2H2,1H3,(H2,4,5);/q-1;;+1. The second-order valence-electron chi connectivity index (χ2n) is 5.27. The molecular formula is C9H25LiN2OSi2. The van der Waals surface area contributed by atoms with E-state index in [2.05, 4.69) is 45.0 Å². The number of primary amides is 1. The van der Waals surface area contributed by atoms with Gasteiger partial charge in [-0.05, 0) is 0 Å².